The Kier molecular flexibility index (Phi) is 10.2. The van der Waals surface area contributed by atoms with Crippen molar-refractivity contribution >= 4 is 32.1 Å². The van der Waals surface area contributed by atoms with E-state index in [1.54, 1.807) is 0 Å². The quantitative estimate of drug-likeness (QED) is 0.187. The van der Waals surface area contributed by atoms with Crippen molar-refractivity contribution in [2.24, 2.45) is 17.8 Å². The number of pyridine rings is 3. The molecular weight excluding hydrogens is 536 g/mol. The van der Waals surface area contributed by atoms with Crippen molar-refractivity contribution < 1.29 is 0 Å². The fourth-order valence-corrected chi connectivity index (χ4v) is 15.1. The van der Waals surface area contributed by atoms with Gasteiger partial charge in [0, 0.05) is 18.6 Å². The fraction of sp³-hybridized carbons (Fsp3) is 0.583. The van der Waals surface area contributed by atoms with Crippen LogP contribution >= 0.6 is 15.8 Å². The summed E-state index contributed by atoms with van der Waals surface area (Å²) in [6.07, 6.45) is 24.1. The third-order valence-corrected chi connectivity index (χ3v) is 16.8. The van der Waals surface area contributed by atoms with Crippen LogP contribution in [0.3, 0.4) is 0 Å². The van der Waals surface area contributed by atoms with E-state index in [1.165, 1.54) is 98.9 Å². The Balaban J connectivity index is 1.33. The van der Waals surface area contributed by atoms with E-state index in [2.05, 4.69) is 62.4 Å². The van der Waals surface area contributed by atoms with Gasteiger partial charge >= 0.3 is 0 Å². The average molecular weight is 586 g/mol. The number of nitrogens with zero attached hydrogens (tertiary/aromatic N) is 3. The van der Waals surface area contributed by atoms with E-state index in [0.717, 1.165) is 29.8 Å². The molecule has 5 heteroatoms. The van der Waals surface area contributed by atoms with Crippen molar-refractivity contribution in [1.29, 1.82) is 0 Å². The Morgan fingerprint density at radius 1 is 0.683 bits per heavy atom. The van der Waals surface area contributed by atoms with Crippen LogP contribution in [0.4, 0.5) is 0 Å². The smallest absolute Gasteiger partial charge is 0.0726 e. The van der Waals surface area contributed by atoms with E-state index in [9.17, 15) is 0 Å². The Morgan fingerprint density at radius 3 is 2.05 bits per heavy atom. The lowest BCUT2D eigenvalue weighted by Gasteiger charge is -2.37. The van der Waals surface area contributed by atoms with Crippen molar-refractivity contribution in [1.82, 2.24) is 15.0 Å². The first-order valence-electron chi connectivity index (χ1n) is 16.5. The van der Waals surface area contributed by atoms with Gasteiger partial charge in [0.15, 0.2) is 0 Å². The summed E-state index contributed by atoms with van der Waals surface area (Å²) in [5.41, 5.74) is 7.56. The van der Waals surface area contributed by atoms with Gasteiger partial charge in [0.05, 0.1) is 16.3 Å². The van der Waals surface area contributed by atoms with Gasteiger partial charge < -0.3 is 0 Å². The van der Waals surface area contributed by atoms with Gasteiger partial charge in [0.1, 0.15) is 0 Å². The first kappa shape index (κ1) is 29.4. The molecule has 218 valence electrons. The molecule has 3 aromatic heterocycles. The Hall–Kier alpha value is -1.69. The Labute approximate surface area is 251 Å². The van der Waals surface area contributed by atoms with Gasteiger partial charge in [-0.25, -0.2) is 0 Å². The summed E-state index contributed by atoms with van der Waals surface area (Å²) >= 11 is 0. The molecule has 0 saturated heterocycles. The Morgan fingerprint density at radius 2 is 1.37 bits per heavy atom. The molecule has 0 radical (unpaired) electrons. The molecule has 41 heavy (non-hydrogen) atoms. The molecule has 7 unspecified atom stereocenters. The first-order chi connectivity index (χ1) is 20.2. The van der Waals surface area contributed by atoms with Crippen LogP contribution in [0.2, 0.25) is 0 Å². The second kappa shape index (κ2) is 14.2. The van der Waals surface area contributed by atoms with E-state index in [1.807, 2.05) is 18.6 Å². The van der Waals surface area contributed by atoms with Crippen LogP contribution in [-0.2, 0) is 6.42 Å². The standard InChI is InChI=1S/C36H49N3P2/c1-27-14-11-19-32(27)41(35-22-8-10-24-38-35)36-30(17-13-25-39-36)26-28(2)40(34-21-7-9-23-37-34)33-20-12-18-31(33)29-15-5-3-4-6-16-29/h7-10,13,17,21-25,27-29,31-33H,3-6,11-12,14-16,18-20,26H2,1-2H3. The largest absolute Gasteiger partial charge is 0.257 e. The molecule has 0 spiro atoms. The summed E-state index contributed by atoms with van der Waals surface area (Å²) in [6.45, 7) is 5.02. The fourth-order valence-electron chi connectivity index (χ4n) is 8.50. The molecule has 3 aromatic rings. The first-order valence-corrected chi connectivity index (χ1v) is 19.4. The average Bonchev–Trinajstić information content (AvgIpc) is 3.56. The van der Waals surface area contributed by atoms with Crippen LogP contribution in [0.1, 0.15) is 96.5 Å². The summed E-state index contributed by atoms with van der Waals surface area (Å²) in [4.78, 5) is 15.2. The van der Waals surface area contributed by atoms with Crippen molar-refractivity contribution in [3.05, 3.63) is 72.7 Å². The monoisotopic (exact) mass is 585 g/mol. The predicted molar refractivity (Wildman–Crippen MR) is 178 cm³/mol. The summed E-state index contributed by atoms with van der Waals surface area (Å²) in [5, 5.41) is 0. The molecule has 3 nitrogen and oxygen atoms in total. The summed E-state index contributed by atoms with van der Waals surface area (Å²) in [5.74, 6) is 2.56. The highest BCUT2D eigenvalue weighted by Gasteiger charge is 2.42. The lowest BCUT2D eigenvalue weighted by atomic mass is 9.85. The van der Waals surface area contributed by atoms with Gasteiger partial charge in [0.25, 0.3) is 0 Å². The molecule has 6 rings (SSSR count). The van der Waals surface area contributed by atoms with Gasteiger partial charge in [-0.05, 0) is 112 Å². The third kappa shape index (κ3) is 6.78. The van der Waals surface area contributed by atoms with Crippen LogP contribution in [0.25, 0.3) is 0 Å². The maximum atomic E-state index is 5.20. The number of hydrogen-bond donors (Lipinski definition) is 0. The van der Waals surface area contributed by atoms with Gasteiger partial charge in [-0.1, -0.05) is 89.8 Å². The summed E-state index contributed by atoms with van der Waals surface area (Å²) in [7, 11) is -0.946. The molecule has 0 amide bonds. The molecule has 7 atom stereocenters. The molecule has 3 aliphatic rings. The van der Waals surface area contributed by atoms with E-state index in [4.69, 9.17) is 15.0 Å². The van der Waals surface area contributed by atoms with E-state index < -0.39 is 7.92 Å². The zero-order valence-corrected chi connectivity index (χ0v) is 27.0. The SMILES string of the molecule is CC1CCCC1P(c1ccccn1)c1ncccc1CC(C)P(c1ccccn1)C1CCCC1C1CCCCCC1. The topological polar surface area (TPSA) is 38.7 Å². The second-order valence-electron chi connectivity index (χ2n) is 13.1. The number of rotatable bonds is 9. The van der Waals surface area contributed by atoms with Crippen LogP contribution in [0.5, 0.6) is 0 Å². The minimum absolute atomic E-state index is 0.367. The molecule has 0 aliphatic heterocycles. The molecule has 0 N–H and O–H groups in total. The molecule has 3 saturated carbocycles. The predicted octanol–water partition coefficient (Wildman–Crippen LogP) is 8.37. The maximum Gasteiger partial charge on any atom is 0.0726 e. The van der Waals surface area contributed by atoms with E-state index in [-0.39, 0.29) is 7.92 Å². The van der Waals surface area contributed by atoms with Gasteiger partial charge in [-0.15, -0.1) is 0 Å². The number of aromatic nitrogens is 3. The van der Waals surface area contributed by atoms with Crippen molar-refractivity contribution in [3.8, 4) is 0 Å². The Bertz CT molecular complexity index is 1210. The minimum atomic E-state index is -0.579. The van der Waals surface area contributed by atoms with E-state index in [0.29, 0.717) is 11.3 Å². The third-order valence-electron chi connectivity index (χ3n) is 10.4. The number of hydrogen-bond acceptors (Lipinski definition) is 3. The van der Waals surface area contributed by atoms with Crippen LogP contribution < -0.4 is 16.3 Å². The van der Waals surface area contributed by atoms with E-state index >= 15 is 0 Å². The highest BCUT2D eigenvalue weighted by Crippen LogP contribution is 2.57. The molecular formula is C36H49N3P2. The lowest BCUT2D eigenvalue weighted by molar-refractivity contribution is 0.307. The molecule has 0 bridgehead atoms. The van der Waals surface area contributed by atoms with Crippen molar-refractivity contribution in [2.75, 3.05) is 0 Å². The van der Waals surface area contributed by atoms with Gasteiger partial charge in [0.2, 0.25) is 0 Å². The minimum Gasteiger partial charge on any atom is -0.257 e. The van der Waals surface area contributed by atoms with Gasteiger partial charge in [-0.2, -0.15) is 0 Å². The highest BCUT2D eigenvalue weighted by molar-refractivity contribution is 7.73. The maximum absolute atomic E-state index is 5.20. The van der Waals surface area contributed by atoms with Crippen LogP contribution in [-0.4, -0.2) is 31.9 Å². The van der Waals surface area contributed by atoms with Crippen LogP contribution in [0, 0.1) is 17.8 Å². The van der Waals surface area contributed by atoms with Crippen LogP contribution in [0.15, 0.2) is 67.1 Å². The van der Waals surface area contributed by atoms with Gasteiger partial charge in [-0.3, -0.25) is 15.0 Å². The molecule has 3 aliphatic carbocycles. The highest BCUT2D eigenvalue weighted by atomic mass is 31.1. The van der Waals surface area contributed by atoms with Crippen molar-refractivity contribution in [2.45, 2.75) is 114 Å². The molecule has 0 aromatic carbocycles. The lowest BCUT2D eigenvalue weighted by Crippen LogP contribution is -2.32. The second-order valence-corrected chi connectivity index (χ2v) is 18.2. The molecule has 3 heterocycles. The zero-order valence-electron chi connectivity index (χ0n) is 25.2. The molecule has 3 fully saturated rings. The normalized spacial score (nSPS) is 27.8. The summed E-state index contributed by atoms with van der Waals surface area (Å²) < 4.78 is 0. The summed E-state index contributed by atoms with van der Waals surface area (Å²) in [6, 6.07) is 17.8. The zero-order chi connectivity index (χ0) is 28.0. The van der Waals surface area contributed by atoms with Crippen molar-refractivity contribution in [3.63, 3.8) is 0 Å².